The zero-order valence-corrected chi connectivity index (χ0v) is 5.93. The fourth-order valence-electron chi connectivity index (χ4n) is 0. The summed E-state index contributed by atoms with van der Waals surface area (Å²) in [7, 11) is 0. The Labute approximate surface area is 54.7 Å². The number of rotatable bonds is 0. The maximum Gasteiger partial charge on any atom is 1.00 e. The van der Waals surface area contributed by atoms with Gasteiger partial charge in [-0.05, 0) is 0 Å². The Bertz CT molecular complexity index is 6.00. The van der Waals surface area contributed by atoms with Gasteiger partial charge in [-0.25, -0.2) is 0 Å². The van der Waals surface area contributed by atoms with E-state index in [0.717, 1.165) is 5.75 Å². The Kier molecular flexibility index (Phi) is 19.9. The molecule has 0 bridgehead atoms. The van der Waals surface area contributed by atoms with Gasteiger partial charge in [-0.1, -0.05) is 6.92 Å². The molecule has 0 spiro atoms. The van der Waals surface area contributed by atoms with Crippen molar-refractivity contribution in [2.24, 2.45) is 0 Å². The van der Waals surface area contributed by atoms with Crippen molar-refractivity contribution in [3.63, 3.8) is 0 Å². The van der Waals surface area contributed by atoms with Crippen molar-refractivity contribution in [1.82, 2.24) is 0 Å². The average molecular weight is 84.1 g/mol. The van der Waals surface area contributed by atoms with E-state index in [1.165, 1.54) is 0 Å². The van der Waals surface area contributed by atoms with Crippen molar-refractivity contribution in [1.29, 1.82) is 0 Å². The van der Waals surface area contributed by atoms with Crippen LogP contribution in [0, 0.1) is 0 Å². The average Bonchev–Trinajstić information content (AvgIpc) is 0.918. The van der Waals surface area contributed by atoms with Crippen molar-refractivity contribution < 1.29 is 29.6 Å². The quantitative estimate of drug-likeness (QED) is 0.232. The van der Waals surface area contributed by atoms with Gasteiger partial charge in [0.2, 0.25) is 0 Å². The minimum Gasteiger partial charge on any atom is -0.793 e. The zero-order valence-electron chi connectivity index (χ0n) is 3.12. The molecular formula is C2H5NaS. The van der Waals surface area contributed by atoms with Crippen LogP contribution in [0.15, 0.2) is 0 Å². The van der Waals surface area contributed by atoms with Gasteiger partial charge in [0.25, 0.3) is 0 Å². The standard InChI is InChI=1S/C2H6S.Na/c1-2-3;/h3H,2H2,1H3;/q;+1/p-1. The van der Waals surface area contributed by atoms with Crippen molar-refractivity contribution in [3.05, 3.63) is 0 Å². The Morgan fingerprint density at radius 3 is 1.75 bits per heavy atom. The first-order valence-corrected chi connectivity index (χ1v) is 1.57. The molecule has 0 N–H and O–H groups in total. The fraction of sp³-hybridized carbons (Fsp3) is 1.00. The van der Waals surface area contributed by atoms with Crippen LogP contribution in [0.1, 0.15) is 6.92 Å². The molecule has 20 valence electrons. The van der Waals surface area contributed by atoms with Crippen LogP contribution in [0.4, 0.5) is 0 Å². The molecule has 0 aromatic rings. The zero-order chi connectivity index (χ0) is 2.71. The normalized spacial score (nSPS) is 4.50. The minimum absolute atomic E-state index is 0. The molecule has 0 rings (SSSR count). The molecule has 0 unspecified atom stereocenters. The maximum absolute atomic E-state index is 4.39. The van der Waals surface area contributed by atoms with E-state index in [2.05, 4.69) is 12.6 Å². The van der Waals surface area contributed by atoms with E-state index in [0.29, 0.717) is 0 Å². The molecule has 4 heavy (non-hydrogen) atoms. The van der Waals surface area contributed by atoms with Gasteiger partial charge in [0.05, 0.1) is 0 Å². The number of hydrogen-bond acceptors (Lipinski definition) is 1. The molecule has 0 saturated carbocycles. The summed E-state index contributed by atoms with van der Waals surface area (Å²) in [6, 6.07) is 0. The summed E-state index contributed by atoms with van der Waals surface area (Å²) in [6.45, 7) is 1.94. The van der Waals surface area contributed by atoms with Crippen LogP contribution in [-0.2, 0) is 12.6 Å². The molecule has 0 aliphatic heterocycles. The largest absolute Gasteiger partial charge is 1.00 e. The Balaban J connectivity index is 0. The maximum atomic E-state index is 4.39. The molecule has 0 aromatic heterocycles. The van der Waals surface area contributed by atoms with Crippen LogP contribution >= 0.6 is 0 Å². The number of hydrogen-bond donors (Lipinski definition) is 0. The van der Waals surface area contributed by atoms with Crippen molar-refractivity contribution in [2.75, 3.05) is 5.75 Å². The van der Waals surface area contributed by atoms with E-state index in [9.17, 15) is 0 Å². The molecule has 0 fully saturated rings. The molecule has 0 aliphatic carbocycles. The van der Waals surface area contributed by atoms with Crippen LogP contribution in [0.5, 0.6) is 0 Å². The van der Waals surface area contributed by atoms with E-state index < -0.39 is 0 Å². The van der Waals surface area contributed by atoms with E-state index in [4.69, 9.17) is 0 Å². The molecule has 2 heteroatoms. The first-order chi connectivity index (χ1) is 1.41. The molecule has 0 heterocycles. The topological polar surface area (TPSA) is 0 Å². The SMILES string of the molecule is CC[S-].[Na+]. The summed E-state index contributed by atoms with van der Waals surface area (Å²) in [5.74, 6) is 0.833. The van der Waals surface area contributed by atoms with Crippen LogP contribution < -0.4 is 29.6 Å². The van der Waals surface area contributed by atoms with E-state index in [1.54, 1.807) is 0 Å². The van der Waals surface area contributed by atoms with Gasteiger partial charge in [-0.15, -0.1) is 0 Å². The van der Waals surface area contributed by atoms with Crippen molar-refractivity contribution in [2.45, 2.75) is 6.92 Å². The van der Waals surface area contributed by atoms with E-state index in [-0.39, 0.29) is 29.6 Å². The summed E-state index contributed by atoms with van der Waals surface area (Å²) >= 11 is 4.39. The van der Waals surface area contributed by atoms with Gasteiger partial charge in [-0.2, -0.15) is 5.75 Å². The molecule has 0 saturated heterocycles. The Morgan fingerprint density at radius 2 is 1.75 bits per heavy atom. The molecule has 0 nitrogen and oxygen atoms in total. The third-order valence-electron chi connectivity index (χ3n) is 0. The van der Waals surface area contributed by atoms with Crippen LogP contribution in [0.2, 0.25) is 0 Å². The second kappa shape index (κ2) is 8.84. The first kappa shape index (κ1) is 9.02. The second-order valence-corrected chi connectivity index (χ2v) is 0.866. The summed E-state index contributed by atoms with van der Waals surface area (Å²) < 4.78 is 0. The van der Waals surface area contributed by atoms with Gasteiger partial charge >= 0.3 is 29.6 Å². The van der Waals surface area contributed by atoms with Gasteiger partial charge in [-0.3, -0.25) is 0 Å². The van der Waals surface area contributed by atoms with Crippen molar-refractivity contribution in [3.8, 4) is 0 Å². The van der Waals surface area contributed by atoms with Gasteiger partial charge < -0.3 is 12.6 Å². The molecule has 0 atom stereocenters. The van der Waals surface area contributed by atoms with Gasteiger partial charge in [0.15, 0.2) is 0 Å². The Morgan fingerprint density at radius 1 is 1.75 bits per heavy atom. The molecule has 0 radical (unpaired) electrons. The monoisotopic (exact) mass is 84.0 g/mol. The predicted octanol–water partition coefficient (Wildman–Crippen LogP) is -2.44. The smallest absolute Gasteiger partial charge is 0.793 e. The molecule has 0 aromatic carbocycles. The first-order valence-electron chi connectivity index (χ1n) is 0.996. The Hall–Kier alpha value is 1.35. The van der Waals surface area contributed by atoms with Crippen LogP contribution in [-0.4, -0.2) is 5.75 Å². The molecule has 0 aliphatic rings. The summed E-state index contributed by atoms with van der Waals surface area (Å²) in [5, 5.41) is 0. The third kappa shape index (κ3) is 10.2. The summed E-state index contributed by atoms with van der Waals surface area (Å²) in [4.78, 5) is 0. The summed E-state index contributed by atoms with van der Waals surface area (Å²) in [5.41, 5.74) is 0. The third-order valence-corrected chi connectivity index (χ3v) is 0. The minimum atomic E-state index is 0. The molecule has 0 amide bonds. The second-order valence-electron chi connectivity index (χ2n) is 0.289. The van der Waals surface area contributed by atoms with Gasteiger partial charge in [0, 0.05) is 0 Å². The molecular weight excluding hydrogens is 79.1 g/mol. The van der Waals surface area contributed by atoms with Gasteiger partial charge in [0.1, 0.15) is 0 Å². The predicted molar refractivity (Wildman–Crippen MR) is 17.9 cm³/mol. The van der Waals surface area contributed by atoms with E-state index >= 15 is 0 Å². The van der Waals surface area contributed by atoms with Crippen molar-refractivity contribution >= 4 is 12.6 Å². The van der Waals surface area contributed by atoms with Crippen LogP contribution in [0.25, 0.3) is 0 Å². The fourth-order valence-corrected chi connectivity index (χ4v) is 0. The summed E-state index contributed by atoms with van der Waals surface area (Å²) in [6.07, 6.45) is 0. The van der Waals surface area contributed by atoms with Crippen LogP contribution in [0.3, 0.4) is 0 Å². The van der Waals surface area contributed by atoms with E-state index in [1.807, 2.05) is 6.92 Å².